The summed E-state index contributed by atoms with van der Waals surface area (Å²) in [5.41, 5.74) is 9.53. The van der Waals surface area contributed by atoms with Crippen molar-refractivity contribution < 1.29 is 0 Å². The van der Waals surface area contributed by atoms with Gasteiger partial charge in [-0.2, -0.15) is 4.98 Å². The second-order valence-electron chi connectivity index (χ2n) is 6.15. The van der Waals surface area contributed by atoms with Gasteiger partial charge < -0.3 is 11.1 Å². The second kappa shape index (κ2) is 5.94. The fourth-order valence-corrected chi connectivity index (χ4v) is 3.62. The fraction of sp³-hybridized carbons (Fsp3) is 0.222. The van der Waals surface area contributed by atoms with Crippen LogP contribution >= 0.6 is 15.9 Å². The van der Waals surface area contributed by atoms with E-state index in [9.17, 15) is 0 Å². The minimum absolute atomic E-state index is 0.0925. The largest absolute Gasteiger partial charge is 0.366 e. The first-order valence-corrected chi connectivity index (χ1v) is 8.70. The summed E-state index contributed by atoms with van der Waals surface area (Å²) in [5.74, 6) is 1.01. The third-order valence-corrected chi connectivity index (χ3v) is 4.91. The van der Waals surface area contributed by atoms with Gasteiger partial charge in [-0.1, -0.05) is 57.9 Å². The molecule has 0 spiro atoms. The Kier molecular flexibility index (Phi) is 3.76. The Morgan fingerprint density at radius 1 is 1.17 bits per heavy atom. The number of nitrogen functional groups attached to an aromatic ring is 1. The van der Waals surface area contributed by atoms with Crippen molar-refractivity contribution >= 4 is 27.8 Å². The number of nitrogens with one attached hydrogen (secondary N) is 1. The van der Waals surface area contributed by atoms with Crippen molar-refractivity contribution in [1.29, 1.82) is 0 Å². The van der Waals surface area contributed by atoms with Crippen molar-refractivity contribution in [2.75, 3.05) is 11.1 Å². The first-order valence-electron chi connectivity index (χ1n) is 7.91. The van der Waals surface area contributed by atoms with E-state index < -0.39 is 0 Å². The highest BCUT2D eigenvalue weighted by Crippen LogP contribution is 2.38. The maximum absolute atomic E-state index is 5.84. The quantitative estimate of drug-likeness (QED) is 0.699. The molecule has 122 valence electrons. The van der Waals surface area contributed by atoms with Crippen LogP contribution in [0.15, 0.2) is 53.0 Å². The van der Waals surface area contributed by atoms with E-state index >= 15 is 0 Å². The van der Waals surface area contributed by atoms with Gasteiger partial charge in [0.05, 0.1) is 12.1 Å². The van der Waals surface area contributed by atoms with Gasteiger partial charge in [-0.3, -0.25) is 0 Å². The lowest BCUT2D eigenvalue weighted by molar-refractivity contribution is 0.431. The zero-order valence-corrected chi connectivity index (χ0v) is 14.9. The molecule has 2 heterocycles. The summed E-state index contributed by atoms with van der Waals surface area (Å²) < 4.78 is 2.95. The summed E-state index contributed by atoms with van der Waals surface area (Å²) in [7, 11) is 0. The van der Waals surface area contributed by atoms with Crippen LogP contribution in [-0.2, 0) is 0 Å². The lowest BCUT2D eigenvalue weighted by Crippen LogP contribution is -2.28. The van der Waals surface area contributed by atoms with Gasteiger partial charge in [-0.05, 0) is 36.6 Å². The Morgan fingerprint density at radius 2 is 1.96 bits per heavy atom. The Morgan fingerprint density at radius 3 is 2.71 bits per heavy atom. The summed E-state index contributed by atoms with van der Waals surface area (Å²) in [5, 5.41) is 7.85. The fourth-order valence-electron chi connectivity index (χ4n) is 3.20. The van der Waals surface area contributed by atoms with Crippen LogP contribution in [0.2, 0.25) is 0 Å². The summed E-state index contributed by atoms with van der Waals surface area (Å²) in [6.45, 7) is 2.10. The first kappa shape index (κ1) is 15.2. The van der Waals surface area contributed by atoms with E-state index in [2.05, 4.69) is 74.7 Å². The van der Waals surface area contributed by atoms with Gasteiger partial charge in [0.25, 0.3) is 0 Å². The van der Waals surface area contributed by atoms with Gasteiger partial charge in [-0.15, -0.1) is 5.10 Å². The molecular formula is C18H18BrN5. The molecule has 1 aliphatic rings. The molecule has 4 rings (SSSR count). The standard InChI is InChI=1S/C18H18BrN5/c1-11-5-7-12(8-6-11)15-10-16(13-3-2-4-14(19)9-13)24-18(21-15)22-17(20)23-24/h2-9,15-16H,10H2,1H3,(H3,20,21,22,23)/t15-,16+/m1/s1. The van der Waals surface area contributed by atoms with Crippen LogP contribution in [0.25, 0.3) is 0 Å². The summed E-state index contributed by atoms with van der Waals surface area (Å²) in [6, 6.07) is 17.2. The van der Waals surface area contributed by atoms with Crippen molar-refractivity contribution in [3.8, 4) is 0 Å². The lowest BCUT2D eigenvalue weighted by Gasteiger charge is -2.31. The minimum atomic E-state index is 0.0925. The van der Waals surface area contributed by atoms with Crippen LogP contribution in [0.5, 0.6) is 0 Å². The molecule has 0 aliphatic carbocycles. The van der Waals surface area contributed by atoms with Crippen molar-refractivity contribution in [3.05, 3.63) is 69.7 Å². The highest BCUT2D eigenvalue weighted by molar-refractivity contribution is 9.10. The molecule has 0 amide bonds. The average Bonchev–Trinajstić information content (AvgIpc) is 2.94. The van der Waals surface area contributed by atoms with E-state index in [1.807, 2.05) is 16.8 Å². The van der Waals surface area contributed by atoms with Crippen LogP contribution in [0.1, 0.15) is 35.2 Å². The Labute approximate surface area is 149 Å². The van der Waals surface area contributed by atoms with Gasteiger partial charge in [0.2, 0.25) is 11.9 Å². The van der Waals surface area contributed by atoms with Crippen molar-refractivity contribution in [3.63, 3.8) is 0 Å². The van der Waals surface area contributed by atoms with E-state index in [4.69, 9.17) is 5.73 Å². The molecule has 0 saturated carbocycles. The van der Waals surface area contributed by atoms with E-state index in [1.165, 1.54) is 16.7 Å². The molecule has 1 aromatic heterocycles. The Balaban J connectivity index is 1.76. The predicted octanol–water partition coefficient (Wildman–Crippen LogP) is 4.08. The van der Waals surface area contributed by atoms with Gasteiger partial charge in [0.1, 0.15) is 0 Å². The zero-order chi connectivity index (χ0) is 16.7. The van der Waals surface area contributed by atoms with Crippen molar-refractivity contribution in [1.82, 2.24) is 14.8 Å². The molecule has 1 aliphatic heterocycles. The zero-order valence-electron chi connectivity index (χ0n) is 13.3. The van der Waals surface area contributed by atoms with Gasteiger partial charge >= 0.3 is 0 Å². The van der Waals surface area contributed by atoms with Crippen LogP contribution in [0.4, 0.5) is 11.9 Å². The van der Waals surface area contributed by atoms with Gasteiger partial charge in [0.15, 0.2) is 0 Å². The second-order valence-corrected chi connectivity index (χ2v) is 7.07. The molecule has 0 radical (unpaired) electrons. The van der Waals surface area contributed by atoms with Crippen molar-refractivity contribution in [2.24, 2.45) is 0 Å². The monoisotopic (exact) mass is 383 g/mol. The topological polar surface area (TPSA) is 68.8 Å². The first-order chi connectivity index (χ1) is 11.6. The maximum atomic E-state index is 5.84. The molecule has 5 nitrogen and oxygen atoms in total. The van der Waals surface area contributed by atoms with E-state index in [1.54, 1.807) is 0 Å². The van der Waals surface area contributed by atoms with Crippen LogP contribution < -0.4 is 11.1 Å². The van der Waals surface area contributed by atoms with Crippen LogP contribution in [-0.4, -0.2) is 14.8 Å². The third kappa shape index (κ3) is 2.78. The van der Waals surface area contributed by atoms with E-state index in [0.717, 1.165) is 10.9 Å². The smallest absolute Gasteiger partial charge is 0.241 e. The van der Waals surface area contributed by atoms with Crippen molar-refractivity contribution in [2.45, 2.75) is 25.4 Å². The number of halogens is 1. The van der Waals surface area contributed by atoms with E-state index in [-0.39, 0.29) is 12.1 Å². The average molecular weight is 384 g/mol. The lowest BCUT2D eigenvalue weighted by atomic mass is 9.93. The number of nitrogens with two attached hydrogens (primary N) is 1. The van der Waals surface area contributed by atoms with Gasteiger partial charge in [0, 0.05) is 4.47 Å². The molecular weight excluding hydrogens is 366 g/mol. The molecule has 2 atom stereocenters. The molecule has 0 unspecified atom stereocenters. The molecule has 6 heteroatoms. The highest BCUT2D eigenvalue weighted by Gasteiger charge is 2.30. The number of anilines is 2. The maximum Gasteiger partial charge on any atom is 0.241 e. The SMILES string of the molecule is Cc1ccc([C@H]2C[C@@H](c3cccc(Br)c3)n3nc(N)nc3N2)cc1. The number of hydrogen-bond acceptors (Lipinski definition) is 4. The molecule has 0 bridgehead atoms. The summed E-state index contributed by atoms with van der Waals surface area (Å²) in [6.07, 6.45) is 0.884. The number of aromatic nitrogens is 3. The molecule has 3 N–H and O–H groups in total. The molecule has 3 aromatic rings. The number of benzene rings is 2. The normalized spacial score (nSPS) is 19.6. The third-order valence-electron chi connectivity index (χ3n) is 4.42. The highest BCUT2D eigenvalue weighted by atomic mass is 79.9. The van der Waals surface area contributed by atoms with Crippen LogP contribution in [0, 0.1) is 6.92 Å². The summed E-state index contributed by atoms with van der Waals surface area (Å²) >= 11 is 3.56. The molecule has 0 saturated heterocycles. The van der Waals surface area contributed by atoms with Gasteiger partial charge in [-0.25, -0.2) is 4.68 Å². The molecule has 24 heavy (non-hydrogen) atoms. The van der Waals surface area contributed by atoms with E-state index in [0.29, 0.717) is 11.9 Å². The number of aryl methyl sites for hydroxylation is 1. The molecule has 0 fully saturated rings. The Bertz CT molecular complexity index is 871. The number of fused-ring (bicyclic) bond motifs is 1. The number of hydrogen-bond donors (Lipinski definition) is 2. The number of rotatable bonds is 2. The molecule has 2 aromatic carbocycles. The predicted molar refractivity (Wildman–Crippen MR) is 98.9 cm³/mol. The number of nitrogens with zero attached hydrogens (tertiary/aromatic N) is 3. The van der Waals surface area contributed by atoms with Crippen LogP contribution in [0.3, 0.4) is 0 Å². The minimum Gasteiger partial charge on any atom is -0.366 e. The Hall–Kier alpha value is -2.34. The summed E-state index contributed by atoms with van der Waals surface area (Å²) in [4.78, 5) is 4.35.